The van der Waals surface area contributed by atoms with Crippen molar-refractivity contribution in [3.05, 3.63) is 142 Å². The Bertz CT molecular complexity index is 2300. The van der Waals surface area contributed by atoms with Gasteiger partial charge in [-0.2, -0.15) is 4.98 Å². The van der Waals surface area contributed by atoms with Crippen LogP contribution in [0.1, 0.15) is 79.6 Å². The Kier molecular flexibility index (Phi) is 11.0. The van der Waals surface area contributed by atoms with Crippen LogP contribution in [0.2, 0.25) is 0 Å². The molecule has 4 aliphatic rings. The minimum Gasteiger partial charge on any atom is -0.345 e. The molecule has 3 heterocycles. The summed E-state index contributed by atoms with van der Waals surface area (Å²) in [5, 5.41) is 6.27. The van der Waals surface area contributed by atoms with Crippen LogP contribution in [-0.4, -0.2) is 63.1 Å². The number of benzene rings is 2. The van der Waals surface area contributed by atoms with Crippen molar-refractivity contribution in [2.75, 3.05) is 17.3 Å². The number of Topliss-reactive ketones (excluding diaryl/α,β-unsaturated/α-hetero) is 1. The minimum absolute atomic E-state index is 0.000620. The first kappa shape index (κ1) is 38.0. The molecule has 0 spiro atoms. The summed E-state index contributed by atoms with van der Waals surface area (Å²) < 4.78 is 13.7. The highest BCUT2D eigenvalue weighted by Gasteiger charge is 2.34. The number of aliphatic imine (C=N–C) groups is 2. The van der Waals surface area contributed by atoms with Crippen LogP contribution in [-0.2, 0) is 17.8 Å². The lowest BCUT2D eigenvalue weighted by molar-refractivity contribution is -0.119. The fraction of sp³-hybridized carbons (Fsp3) is 0.295. The number of ketones is 1. The van der Waals surface area contributed by atoms with E-state index in [1.54, 1.807) is 42.6 Å². The number of urea groups is 1. The first-order chi connectivity index (χ1) is 26.9. The molecular formula is C44H45FN8O3. The molecule has 0 saturated heterocycles. The van der Waals surface area contributed by atoms with Gasteiger partial charge >= 0.3 is 6.03 Å². The number of carbonyl (C=O) groups excluding carboxylic acids is 3. The zero-order valence-corrected chi connectivity index (χ0v) is 32.2. The highest BCUT2D eigenvalue weighted by Crippen LogP contribution is 2.33. The van der Waals surface area contributed by atoms with E-state index in [4.69, 9.17) is 4.99 Å². The zero-order valence-electron chi connectivity index (χ0n) is 32.2. The Balaban J connectivity index is 1.09. The summed E-state index contributed by atoms with van der Waals surface area (Å²) in [5.74, 6) is 0.278. The molecule has 2 aliphatic heterocycles. The van der Waals surface area contributed by atoms with Crippen molar-refractivity contribution < 1.29 is 18.8 Å². The summed E-state index contributed by atoms with van der Waals surface area (Å²) in [6.07, 6.45) is 13.8. The second-order valence-corrected chi connectivity index (χ2v) is 14.8. The first-order valence-corrected chi connectivity index (χ1v) is 18.8. The van der Waals surface area contributed by atoms with Crippen LogP contribution >= 0.6 is 0 Å². The van der Waals surface area contributed by atoms with Gasteiger partial charge in [0.15, 0.2) is 5.78 Å². The molecule has 0 saturated carbocycles. The SMILES string of the molecule is CC1=CCC(NC(=O)c2ccc3c(c2)CC(=O)[C@H](CC2C=CC(F)=CC2)N=C3c2ccccc2)C=C1N1Cc2cnc(N/C(C)=C/N=C(C)C)nc2N(C)C1=O. The van der Waals surface area contributed by atoms with Gasteiger partial charge in [-0.1, -0.05) is 48.6 Å². The lowest BCUT2D eigenvalue weighted by Crippen LogP contribution is -2.46. The summed E-state index contributed by atoms with van der Waals surface area (Å²) in [5.41, 5.74) is 7.61. The minimum atomic E-state index is -0.606. The van der Waals surface area contributed by atoms with Gasteiger partial charge in [-0.15, -0.1) is 0 Å². The van der Waals surface area contributed by atoms with Crippen LogP contribution in [0.15, 0.2) is 124 Å². The molecule has 3 amide bonds. The predicted molar refractivity (Wildman–Crippen MR) is 217 cm³/mol. The van der Waals surface area contributed by atoms with Crippen molar-refractivity contribution in [1.82, 2.24) is 20.2 Å². The Morgan fingerprint density at radius 3 is 2.61 bits per heavy atom. The van der Waals surface area contributed by atoms with Crippen molar-refractivity contribution in [2.24, 2.45) is 15.9 Å². The number of hydrogen-bond acceptors (Lipinski definition) is 8. The highest BCUT2D eigenvalue weighted by atomic mass is 19.1. The smallest absolute Gasteiger partial charge is 0.330 e. The molecule has 12 heteroatoms. The van der Waals surface area contributed by atoms with Gasteiger partial charge < -0.3 is 10.6 Å². The maximum atomic E-state index is 13.9. The molecule has 7 rings (SSSR count). The Morgan fingerprint density at radius 2 is 1.86 bits per heavy atom. The van der Waals surface area contributed by atoms with Gasteiger partial charge in [0.05, 0.1) is 18.3 Å². The number of carbonyl (C=O) groups is 3. The van der Waals surface area contributed by atoms with E-state index in [-0.39, 0.29) is 48.5 Å². The van der Waals surface area contributed by atoms with Gasteiger partial charge in [0.2, 0.25) is 5.95 Å². The monoisotopic (exact) mass is 752 g/mol. The molecule has 3 atom stereocenters. The number of nitrogens with zero attached hydrogens (tertiary/aromatic N) is 6. The van der Waals surface area contributed by atoms with E-state index in [2.05, 4.69) is 25.6 Å². The summed E-state index contributed by atoms with van der Waals surface area (Å²) in [6.45, 7) is 7.90. The van der Waals surface area contributed by atoms with E-state index in [0.717, 1.165) is 39.2 Å². The van der Waals surface area contributed by atoms with Crippen molar-refractivity contribution in [2.45, 2.75) is 72.0 Å². The number of halogens is 1. The van der Waals surface area contributed by atoms with E-state index < -0.39 is 6.04 Å². The molecule has 11 nitrogen and oxygen atoms in total. The molecule has 2 N–H and O–H groups in total. The number of rotatable bonds is 9. The highest BCUT2D eigenvalue weighted by molar-refractivity contribution is 6.16. The third kappa shape index (κ3) is 8.34. The van der Waals surface area contributed by atoms with Gasteiger partial charge in [-0.05, 0) is 94.4 Å². The van der Waals surface area contributed by atoms with Crippen LogP contribution in [0.5, 0.6) is 0 Å². The van der Waals surface area contributed by atoms with Crippen molar-refractivity contribution in [3.8, 4) is 0 Å². The van der Waals surface area contributed by atoms with Crippen LogP contribution in [0.4, 0.5) is 21.0 Å². The normalized spacial score (nSPS) is 20.8. The largest absolute Gasteiger partial charge is 0.345 e. The van der Waals surface area contributed by atoms with Gasteiger partial charge in [0.1, 0.15) is 17.7 Å². The number of hydrogen-bond donors (Lipinski definition) is 2. The van der Waals surface area contributed by atoms with Crippen LogP contribution < -0.4 is 15.5 Å². The lowest BCUT2D eigenvalue weighted by atomic mass is 9.90. The third-order valence-corrected chi connectivity index (χ3v) is 10.2. The van der Waals surface area contributed by atoms with E-state index >= 15 is 0 Å². The summed E-state index contributed by atoms with van der Waals surface area (Å²) >= 11 is 0. The molecule has 0 bridgehead atoms. The maximum absolute atomic E-state index is 13.9. The molecule has 56 heavy (non-hydrogen) atoms. The van der Waals surface area contributed by atoms with Crippen molar-refractivity contribution in [3.63, 3.8) is 0 Å². The molecule has 2 aliphatic carbocycles. The lowest BCUT2D eigenvalue weighted by Gasteiger charge is -2.37. The Hall–Kier alpha value is -6.30. The van der Waals surface area contributed by atoms with Crippen molar-refractivity contribution in [1.29, 1.82) is 0 Å². The summed E-state index contributed by atoms with van der Waals surface area (Å²) in [4.78, 5) is 63.0. The zero-order chi connectivity index (χ0) is 39.5. The number of aromatic nitrogens is 2. The second kappa shape index (κ2) is 16.2. The third-order valence-electron chi connectivity index (χ3n) is 10.2. The van der Waals surface area contributed by atoms with Crippen LogP contribution in [0.3, 0.4) is 0 Å². The molecular weight excluding hydrogens is 708 g/mol. The molecule has 2 aromatic carbocycles. The number of fused-ring (bicyclic) bond motifs is 2. The number of anilines is 2. The van der Waals surface area contributed by atoms with Gasteiger partial charge in [-0.25, -0.2) is 14.2 Å². The number of nitrogens with one attached hydrogen (secondary N) is 2. The van der Waals surface area contributed by atoms with Crippen LogP contribution in [0.25, 0.3) is 0 Å². The molecule has 0 fully saturated rings. The van der Waals surface area contributed by atoms with E-state index in [1.807, 2.05) is 82.3 Å². The molecule has 2 unspecified atom stereocenters. The standard InChI is InChI=1S/C44H45FN8O3/c1-26(2)46-23-28(4)48-43-47-24-33-25-53(44(56)52(5)41(33)51-43)38-22-35(17-11-27(38)3)49-42(55)31-14-18-36-32(20-31)21-39(54)37(19-29-12-15-34(45)16-13-29)50-40(36)30-9-7-6-8-10-30/h6-12,14-16,18,20,22-24,29,35,37H,13,17,19,21,25H2,1-5H3,(H,49,55)(H,47,48,51)/b28-23+/t29?,35?,37-/m0/s1. The summed E-state index contributed by atoms with van der Waals surface area (Å²) in [6, 6.07) is 13.9. The van der Waals surface area contributed by atoms with E-state index in [9.17, 15) is 18.8 Å². The number of amides is 3. The average Bonchev–Trinajstić information content (AvgIpc) is 3.32. The topological polar surface area (TPSA) is 132 Å². The van der Waals surface area contributed by atoms with Crippen LogP contribution in [0, 0.1) is 5.92 Å². The number of allylic oxidation sites excluding steroid dienone is 6. The second-order valence-electron chi connectivity index (χ2n) is 14.8. The quantitative estimate of drug-likeness (QED) is 0.215. The molecule has 286 valence electrons. The summed E-state index contributed by atoms with van der Waals surface area (Å²) in [7, 11) is 1.68. The fourth-order valence-corrected chi connectivity index (χ4v) is 7.27. The first-order valence-electron chi connectivity index (χ1n) is 18.8. The fourth-order valence-electron chi connectivity index (χ4n) is 7.27. The van der Waals surface area contributed by atoms with Gasteiger partial charge in [0.25, 0.3) is 5.91 Å². The Labute approximate surface area is 326 Å². The van der Waals surface area contributed by atoms with Gasteiger partial charge in [0, 0.05) is 65.2 Å². The maximum Gasteiger partial charge on any atom is 0.330 e. The molecule has 0 radical (unpaired) electrons. The van der Waals surface area contributed by atoms with E-state index in [0.29, 0.717) is 48.0 Å². The average molecular weight is 753 g/mol. The van der Waals surface area contributed by atoms with E-state index in [1.165, 1.54) is 11.0 Å². The van der Waals surface area contributed by atoms with Crippen molar-refractivity contribution >= 4 is 40.9 Å². The van der Waals surface area contributed by atoms with Gasteiger partial charge in [-0.3, -0.25) is 29.4 Å². The predicted octanol–water partition coefficient (Wildman–Crippen LogP) is 7.79. The Morgan fingerprint density at radius 1 is 1.05 bits per heavy atom. The molecule has 3 aromatic rings. The molecule has 1 aromatic heterocycles.